The third-order valence-electron chi connectivity index (χ3n) is 3.96. The molecule has 0 saturated carbocycles. The van der Waals surface area contributed by atoms with Gasteiger partial charge in [0.15, 0.2) is 0 Å². The SMILES string of the molecule is N#Cc1ncn(CC(=O)N2CCC(c3ccncc3)CC2)n1. The molecule has 22 heavy (non-hydrogen) atoms. The topological polar surface area (TPSA) is 87.7 Å². The number of piperidine rings is 1. The largest absolute Gasteiger partial charge is 0.341 e. The summed E-state index contributed by atoms with van der Waals surface area (Å²) in [5.74, 6) is 0.593. The summed E-state index contributed by atoms with van der Waals surface area (Å²) < 4.78 is 1.41. The third-order valence-corrected chi connectivity index (χ3v) is 3.96. The molecular weight excluding hydrogens is 280 g/mol. The number of hydrogen-bond donors (Lipinski definition) is 0. The molecule has 7 heteroatoms. The van der Waals surface area contributed by atoms with Crippen LogP contribution in [0.3, 0.4) is 0 Å². The zero-order valence-electron chi connectivity index (χ0n) is 12.1. The monoisotopic (exact) mass is 296 g/mol. The van der Waals surface area contributed by atoms with E-state index in [1.54, 1.807) is 0 Å². The Hall–Kier alpha value is -2.75. The molecule has 1 saturated heterocycles. The van der Waals surface area contributed by atoms with Crippen molar-refractivity contribution < 1.29 is 4.79 Å². The Morgan fingerprint density at radius 2 is 2.05 bits per heavy atom. The quantitative estimate of drug-likeness (QED) is 0.841. The summed E-state index contributed by atoms with van der Waals surface area (Å²) >= 11 is 0. The average Bonchev–Trinajstić information content (AvgIpc) is 3.03. The van der Waals surface area contributed by atoms with Gasteiger partial charge in [-0.25, -0.2) is 9.67 Å². The molecule has 3 heterocycles. The lowest BCUT2D eigenvalue weighted by Crippen LogP contribution is -2.39. The van der Waals surface area contributed by atoms with Crippen LogP contribution in [0.25, 0.3) is 0 Å². The summed E-state index contributed by atoms with van der Waals surface area (Å²) in [4.78, 5) is 21.9. The third kappa shape index (κ3) is 3.11. The van der Waals surface area contributed by atoms with Crippen LogP contribution in [0, 0.1) is 11.3 Å². The van der Waals surface area contributed by atoms with Crippen molar-refractivity contribution in [1.82, 2.24) is 24.6 Å². The molecule has 7 nitrogen and oxygen atoms in total. The van der Waals surface area contributed by atoms with E-state index in [1.165, 1.54) is 16.6 Å². The molecule has 1 amide bonds. The molecule has 2 aromatic rings. The molecule has 0 spiro atoms. The van der Waals surface area contributed by atoms with E-state index in [1.807, 2.05) is 35.5 Å². The van der Waals surface area contributed by atoms with Gasteiger partial charge < -0.3 is 4.90 Å². The minimum atomic E-state index is 0.0163. The predicted octanol–water partition coefficient (Wildman–Crippen LogP) is 0.951. The second-order valence-electron chi connectivity index (χ2n) is 5.31. The first-order valence-corrected chi connectivity index (χ1v) is 7.23. The van der Waals surface area contributed by atoms with Gasteiger partial charge in [-0.3, -0.25) is 9.78 Å². The highest BCUT2D eigenvalue weighted by Crippen LogP contribution is 2.27. The van der Waals surface area contributed by atoms with E-state index in [4.69, 9.17) is 5.26 Å². The minimum Gasteiger partial charge on any atom is -0.341 e. The van der Waals surface area contributed by atoms with Crippen molar-refractivity contribution in [2.24, 2.45) is 0 Å². The highest BCUT2D eigenvalue weighted by atomic mass is 16.2. The molecule has 0 atom stereocenters. The maximum absolute atomic E-state index is 12.3. The van der Waals surface area contributed by atoms with Gasteiger partial charge in [0.2, 0.25) is 5.91 Å². The Bertz CT molecular complexity index is 682. The van der Waals surface area contributed by atoms with E-state index in [2.05, 4.69) is 15.1 Å². The molecule has 1 aliphatic rings. The number of nitriles is 1. The lowest BCUT2D eigenvalue weighted by molar-refractivity contribution is -0.133. The maximum Gasteiger partial charge on any atom is 0.252 e. The van der Waals surface area contributed by atoms with Gasteiger partial charge in [-0.1, -0.05) is 0 Å². The number of pyridine rings is 1. The van der Waals surface area contributed by atoms with Crippen LogP contribution in [-0.4, -0.2) is 43.6 Å². The summed E-state index contributed by atoms with van der Waals surface area (Å²) in [6.45, 7) is 1.62. The van der Waals surface area contributed by atoms with Crippen molar-refractivity contribution >= 4 is 5.91 Å². The number of hydrogen-bond acceptors (Lipinski definition) is 5. The highest BCUT2D eigenvalue weighted by molar-refractivity contribution is 5.76. The fourth-order valence-corrected chi connectivity index (χ4v) is 2.76. The average molecular weight is 296 g/mol. The van der Waals surface area contributed by atoms with Crippen molar-refractivity contribution in [1.29, 1.82) is 5.26 Å². The summed E-state index contributed by atoms with van der Waals surface area (Å²) in [7, 11) is 0. The molecular formula is C15H16N6O. The fourth-order valence-electron chi connectivity index (χ4n) is 2.76. The molecule has 0 radical (unpaired) electrons. The van der Waals surface area contributed by atoms with Gasteiger partial charge in [0, 0.05) is 25.5 Å². The summed E-state index contributed by atoms with van der Waals surface area (Å²) in [6.07, 6.45) is 6.95. The standard InChI is InChI=1S/C15H16N6O/c16-9-14-18-11-21(19-14)10-15(22)20-7-3-13(4-8-20)12-1-5-17-6-2-12/h1-2,5-6,11,13H,3-4,7-8,10H2. The van der Waals surface area contributed by atoms with Gasteiger partial charge in [-0.05, 0) is 36.5 Å². The Labute approximate surface area is 128 Å². The number of carbonyl (C=O) groups excluding carboxylic acids is 1. The van der Waals surface area contributed by atoms with Crippen LogP contribution in [0.4, 0.5) is 0 Å². The molecule has 1 aliphatic heterocycles. The number of amides is 1. The molecule has 0 aromatic carbocycles. The van der Waals surface area contributed by atoms with Gasteiger partial charge in [0.05, 0.1) is 0 Å². The Balaban J connectivity index is 1.55. The summed E-state index contributed by atoms with van der Waals surface area (Å²) in [5.41, 5.74) is 1.29. The van der Waals surface area contributed by atoms with Gasteiger partial charge >= 0.3 is 0 Å². The number of aromatic nitrogens is 4. The number of nitrogens with zero attached hydrogens (tertiary/aromatic N) is 6. The van der Waals surface area contributed by atoms with Crippen molar-refractivity contribution in [2.75, 3.05) is 13.1 Å². The van der Waals surface area contributed by atoms with Crippen LogP contribution in [0.1, 0.15) is 30.1 Å². The lowest BCUT2D eigenvalue weighted by atomic mass is 9.90. The molecule has 3 rings (SSSR count). The van der Waals surface area contributed by atoms with Crippen LogP contribution in [-0.2, 0) is 11.3 Å². The van der Waals surface area contributed by atoms with E-state index in [0.717, 1.165) is 25.9 Å². The first-order chi connectivity index (χ1) is 10.8. The Morgan fingerprint density at radius 3 is 2.68 bits per heavy atom. The van der Waals surface area contributed by atoms with Crippen LogP contribution < -0.4 is 0 Å². The van der Waals surface area contributed by atoms with E-state index in [9.17, 15) is 4.79 Å². The molecule has 1 fully saturated rings. The molecule has 0 N–H and O–H groups in total. The second kappa shape index (κ2) is 6.35. The normalized spacial score (nSPS) is 15.5. The summed E-state index contributed by atoms with van der Waals surface area (Å²) in [5, 5.41) is 12.6. The van der Waals surface area contributed by atoms with Crippen LogP contribution >= 0.6 is 0 Å². The van der Waals surface area contributed by atoms with Gasteiger partial charge in [0.25, 0.3) is 5.82 Å². The number of carbonyl (C=O) groups is 1. The van der Waals surface area contributed by atoms with E-state index < -0.39 is 0 Å². The smallest absolute Gasteiger partial charge is 0.252 e. The van der Waals surface area contributed by atoms with Gasteiger partial charge in [-0.2, -0.15) is 5.26 Å². The van der Waals surface area contributed by atoms with E-state index >= 15 is 0 Å². The second-order valence-corrected chi connectivity index (χ2v) is 5.31. The van der Waals surface area contributed by atoms with Gasteiger partial charge in [-0.15, -0.1) is 5.10 Å². The zero-order valence-corrected chi connectivity index (χ0v) is 12.1. The Kier molecular flexibility index (Phi) is 4.10. The van der Waals surface area contributed by atoms with Crippen molar-refractivity contribution in [3.63, 3.8) is 0 Å². The number of likely N-dealkylation sites (tertiary alicyclic amines) is 1. The zero-order chi connectivity index (χ0) is 15.4. The maximum atomic E-state index is 12.3. The van der Waals surface area contributed by atoms with Crippen molar-refractivity contribution in [3.8, 4) is 6.07 Å². The first-order valence-electron chi connectivity index (χ1n) is 7.23. The van der Waals surface area contributed by atoms with E-state index in [0.29, 0.717) is 5.92 Å². The predicted molar refractivity (Wildman–Crippen MR) is 77.5 cm³/mol. The van der Waals surface area contributed by atoms with Crippen molar-refractivity contribution in [3.05, 3.63) is 42.2 Å². The fraction of sp³-hybridized carbons (Fsp3) is 0.400. The van der Waals surface area contributed by atoms with E-state index in [-0.39, 0.29) is 18.3 Å². The van der Waals surface area contributed by atoms with Crippen LogP contribution in [0.15, 0.2) is 30.9 Å². The first kappa shape index (κ1) is 14.2. The minimum absolute atomic E-state index is 0.0163. The molecule has 0 unspecified atom stereocenters. The van der Waals surface area contributed by atoms with Crippen LogP contribution in [0.2, 0.25) is 0 Å². The van der Waals surface area contributed by atoms with Crippen LogP contribution in [0.5, 0.6) is 0 Å². The highest BCUT2D eigenvalue weighted by Gasteiger charge is 2.24. The molecule has 2 aromatic heterocycles. The number of rotatable bonds is 3. The Morgan fingerprint density at radius 1 is 1.32 bits per heavy atom. The molecule has 0 aliphatic carbocycles. The molecule has 112 valence electrons. The van der Waals surface area contributed by atoms with Crippen molar-refractivity contribution in [2.45, 2.75) is 25.3 Å². The van der Waals surface area contributed by atoms with Gasteiger partial charge in [0.1, 0.15) is 18.9 Å². The lowest BCUT2D eigenvalue weighted by Gasteiger charge is -2.32. The molecule has 0 bridgehead atoms. The summed E-state index contributed by atoms with van der Waals surface area (Å²) in [6, 6.07) is 5.94.